The highest BCUT2D eigenvalue weighted by Gasteiger charge is 2.49. The zero-order valence-electron chi connectivity index (χ0n) is 14.3. The summed E-state index contributed by atoms with van der Waals surface area (Å²) in [7, 11) is 3.03. The van der Waals surface area contributed by atoms with Gasteiger partial charge in [0.15, 0.2) is 0 Å². The first-order valence-corrected chi connectivity index (χ1v) is 8.64. The second-order valence-corrected chi connectivity index (χ2v) is 6.81. The molecule has 1 N–H and O–H groups in total. The maximum absolute atomic E-state index is 12.7. The van der Waals surface area contributed by atoms with Crippen molar-refractivity contribution in [1.29, 1.82) is 0 Å². The van der Waals surface area contributed by atoms with Crippen molar-refractivity contribution in [1.82, 2.24) is 5.32 Å². The highest BCUT2D eigenvalue weighted by molar-refractivity contribution is 5.91. The van der Waals surface area contributed by atoms with Crippen LogP contribution in [0.5, 0.6) is 5.75 Å². The first-order chi connectivity index (χ1) is 11.6. The first-order valence-electron chi connectivity index (χ1n) is 8.64. The van der Waals surface area contributed by atoms with E-state index in [1.54, 1.807) is 7.11 Å². The molecule has 0 unspecified atom stereocenters. The van der Waals surface area contributed by atoms with Gasteiger partial charge in [-0.15, -0.1) is 0 Å². The Balaban J connectivity index is 1.70. The molecular formula is C19H25NO4. The van der Waals surface area contributed by atoms with Crippen LogP contribution in [0.15, 0.2) is 24.3 Å². The predicted octanol–water partition coefficient (Wildman–Crippen LogP) is 2.79. The van der Waals surface area contributed by atoms with Crippen molar-refractivity contribution >= 4 is 11.9 Å². The van der Waals surface area contributed by atoms with Crippen molar-refractivity contribution in [2.24, 2.45) is 5.92 Å². The molecule has 130 valence electrons. The maximum atomic E-state index is 12.7. The number of methoxy groups -OCH3 is 2. The van der Waals surface area contributed by atoms with Gasteiger partial charge in [0, 0.05) is 5.92 Å². The fraction of sp³-hybridized carbons (Fsp3) is 0.579. The maximum Gasteiger partial charge on any atom is 0.331 e. The lowest BCUT2D eigenvalue weighted by atomic mass is 9.81. The minimum absolute atomic E-state index is 0.0433. The Hall–Kier alpha value is -2.04. The molecule has 0 saturated heterocycles. The van der Waals surface area contributed by atoms with Crippen LogP contribution in [0.4, 0.5) is 0 Å². The molecule has 0 bridgehead atoms. The normalized spacial score (nSPS) is 24.8. The summed E-state index contributed by atoms with van der Waals surface area (Å²) in [6.45, 7) is 0. The highest BCUT2D eigenvalue weighted by Crippen LogP contribution is 2.50. The molecule has 1 aromatic rings. The van der Waals surface area contributed by atoms with Crippen LogP contribution in [0.25, 0.3) is 0 Å². The van der Waals surface area contributed by atoms with E-state index >= 15 is 0 Å². The van der Waals surface area contributed by atoms with Gasteiger partial charge in [-0.2, -0.15) is 0 Å². The fourth-order valence-corrected chi connectivity index (χ4v) is 3.86. The van der Waals surface area contributed by atoms with Crippen LogP contribution in [0.1, 0.15) is 50.0 Å². The number of hydrogen-bond donors (Lipinski definition) is 1. The lowest BCUT2D eigenvalue weighted by molar-refractivity contribution is -0.152. The summed E-state index contributed by atoms with van der Waals surface area (Å²) in [5, 5.41) is 3.03. The summed E-state index contributed by atoms with van der Waals surface area (Å²) >= 11 is 0. The summed E-state index contributed by atoms with van der Waals surface area (Å²) in [5.41, 5.74) is 0.230. The smallest absolute Gasteiger partial charge is 0.331 e. The Morgan fingerprint density at radius 3 is 2.50 bits per heavy atom. The lowest BCUT2D eigenvalue weighted by Crippen LogP contribution is -2.56. The number of hydrogen-bond acceptors (Lipinski definition) is 4. The molecule has 5 nitrogen and oxygen atoms in total. The highest BCUT2D eigenvalue weighted by atomic mass is 16.5. The van der Waals surface area contributed by atoms with E-state index in [2.05, 4.69) is 5.32 Å². The van der Waals surface area contributed by atoms with Gasteiger partial charge >= 0.3 is 5.97 Å². The second kappa shape index (κ2) is 6.83. The van der Waals surface area contributed by atoms with Gasteiger partial charge in [-0.1, -0.05) is 37.5 Å². The molecule has 2 atom stereocenters. The quantitative estimate of drug-likeness (QED) is 0.843. The SMILES string of the molecule is COC(=O)C1(NC(=O)[C@H]2C[C@H]2c2ccccc2OC)CCCCC1. The van der Waals surface area contributed by atoms with Crippen LogP contribution in [0, 0.1) is 5.92 Å². The number of carbonyl (C=O) groups is 2. The molecule has 0 aromatic heterocycles. The van der Waals surface area contributed by atoms with Gasteiger partial charge in [0.25, 0.3) is 0 Å². The van der Waals surface area contributed by atoms with Crippen LogP contribution in [-0.4, -0.2) is 31.6 Å². The molecule has 0 radical (unpaired) electrons. The van der Waals surface area contributed by atoms with Crippen molar-refractivity contribution in [2.45, 2.75) is 50.0 Å². The van der Waals surface area contributed by atoms with E-state index in [1.165, 1.54) is 7.11 Å². The number of amides is 1. The van der Waals surface area contributed by atoms with Gasteiger partial charge in [0.05, 0.1) is 14.2 Å². The van der Waals surface area contributed by atoms with Gasteiger partial charge in [0.2, 0.25) is 5.91 Å². The summed E-state index contributed by atoms with van der Waals surface area (Å²) in [6, 6.07) is 7.81. The first kappa shape index (κ1) is 16.8. The summed E-state index contributed by atoms with van der Waals surface area (Å²) in [5.74, 6) is 0.533. The molecule has 1 aromatic carbocycles. The third kappa shape index (κ3) is 3.12. The Morgan fingerprint density at radius 1 is 1.12 bits per heavy atom. The van der Waals surface area contributed by atoms with Gasteiger partial charge < -0.3 is 14.8 Å². The van der Waals surface area contributed by atoms with E-state index in [1.807, 2.05) is 24.3 Å². The van der Waals surface area contributed by atoms with Crippen LogP contribution < -0.4 is 10.1 Å². The van der Waals surface area contributed by atoms with Gasteiger partial charge in [0.1, 0.15) is 11.3 Å². The van der Waals surface area contributed by atoms with E-state index in [0.29, 0.717) is 12.8 Å². The van der Waals surface area contributed by atoms with Crippen LogP contribution in [0.2, 0.25) is 0 Å². The van der Waals surface area contributed by atoms with E-state index in [-0.39, 0.29) is 23.7 Å². The Kier molecular flexibility index (Phi) is 4.78. The van der Waals surface area contributed by atoms with Gasteiger partial charge in [-0.3, -0.25) is 4.79 Å². The molecule has 2 saturated carbocycles. The molecule has 5 heteroatoms. The standard InChI is InChI=1S/C19H25NO4/c1-23-16-9-5-4-8-13(16)14-12-15(14)17(21)20-19(18(22)24-2)10-6-3-7-11-19/h4-5,8-9,14-15H,3,6-7,10-12H2,1-2H3,(H,20,21)/t14-,15-/m0/s1. The monoisotopic (exact) mass is 331 g/mol. The second-order valence-electron chi connectivity index (χ2n) is 6.81. The predicted molar refractivity (Wildman–Crippen MR) is 89.8 cm³/mol. The van der Waals surface area contributed by atoms with Crippen molar-refractivity contribution in [3.63, 3.8) is 0 Å². The van der Waals surface area contributed by atoms with Gasteiger partial charge in [-0.25, -0.2) is 4.79 Å². The summed E-state index contributed by atoms with van der Waals surface area (Å²) in [4.78, 5) is 25.0. The average molecular weight is 331 g/mol. The average Bonchev–Trinajstić information content (AvgIpc) is 3.42. The number of para-hydroxylation sites is 1. The van der Waals surface area contributed by atoms with E-state index in [9.17, 15) is 9.59 Å². The molecule has 2 aliphatic rings. The minimum Gasteiger partial charge on any atom is -0.496 e. The third-order valence-corrected chi connectivity index (χ3v) is 5.31. The topological polar surface area (TPSA) is 64.6 Å². The molecule has 2 fully saturated rings. The number of esters is 1. The number of nitrogens with one attached hydrogen (secondary N) is 1. The Labute approximate surface area is 142 Å². The molecular weight excluding hydrogens is 306 g/mol. The zero-order chi connectivity index (χ0) is 17.2. The molecule has 0 spiro atoms. The number of benzene rings is 1. The molecule has 2 aliphatic carbocycles. The Morgan fingerprint density at radius 2 is 1.83 bits per heavy atom. The fourth-order valence-electron chi connectivity index (χ4n) is 3.86. The van der Waals surface area contributed by atoms with E-state index in [4.69, 9.17) is 9.47 Å². The van der Waals surface area contributed by atoms with Crippen LogP contribution in [0.3, 0.4) is 0 Å². The van der Waals surface area contributed by atoms with E-state index < -0.39 is 5.54 Å². The van der Waals surface area contributed by atoms with Crippen LogP contribution >= 0.6 is 0 Å². The number of rotatable bonds is 5. The number of carbonyl (C=O) groups excluding carboxylic acids is 2. The summed E-state index contributed by atoms with van der Waals surface area (Å²) < 4.78 is 10.4. The Bertz CT molecular complexity index is 622. The molecule has 3 rings (SSSR count). The van der Waals surface area contributed by atoms with Crippen molar-refractivity contribution in [3.05, 3.63) is 29.8 Å². The molecule has 24 heavy (non-hydrogen) atoms. The minimum atomic E-state index is -0.835. The van der Waals surface area contributed by atoms with Crippen molar-refractivity contribution in [3.8, 4) is 5.75 Å². The van der Waals surface area contributed by atoms with Crippen molar-refractivity contribution < 1.29 is 19.1 Å². The van der Waals surface area contributed by atoms with Gasteiger partial charge in [-0.05, 0) is 36.8 Å². The molecule has 1 amide bonds. The van der Waals surface area contributed by atoms with Crippen LogP contribution in [-0.2, 0) is 14.3 Å². The largest absolute Gasteiger partial charge is 0.496 e. The lowest BCUT2D eigenvalue weighted by Gasteiger charge is -2.35. The van der Waals surface area contributed by atoms with Crippen molar-refractivity contribution in [2.75, 3.05) is 14.2 Å². The molecule has 0 heterocycles. The summed E-state index contributed by atoms with van der Waals surface area (Å²) in [6.07, 6.45) is 5.10. The molecule has 0 aliphatic heterocycles. The van der Waals surface area contributed by atoms with E-state index in [0.717, 1.165) is 37.0 Å². The number of ether oxygens (including phenoxy) is 2. The zero-order valence-corrected chi connectivity index (χ0v) is 14.3. The third-order valence-electron chi connectivity index (χ3n) is 5.31.